The first kappa shape index (κ1) is 26.5. The number of halogens is 3. The number of benzene rings is 3. The molecule has 0 aliphatic rings. The van der Waals surface area contributed by atoms with Gasteiger partial charge in [0.1, 0.15) is 17.6 Å². The molecule has 0 aliphatic carbocycles. The second-order valence-electron chi connectivity index (χ2n) is 7.96. The van der Waals surface area contributed by atoms with Gasteiger partial charge in [-0.3, -0.25) is 9.59 Å². The zero-order valence-corrected chi connectivity index (χ0v) is 20.9. The molecule has 3 aromatic rings. The van der Waals surface area contributed by atoms with Crippen LogP contribution in [0.5, 0.6) is 5.75 Å². The van der Waals surface area contributed by atoms with E-state index in [1.54, 1.807) is 18.2 Å². The Hall–Kier alpha value is -3.09. The number of carbonyl (C=O) groups excluding carboxylic acids is 2. The molecule has 8 heteroatoms. The summed E-state index contributed by atoms with van der Waals surface area (Å²) in [7, 11) is 0. The van der Waals surface area contributed by atoms with Crippen LogP contribution < -0.4 is 10.1 Å². The Morgan fingerprint density at radius 3 is 2.26 bits per heavy atom. The van der Waals surface area contributed by atoms with Gasteiger partial charge >= 0.3 is 0 Å². The van der Waals surface area contributed by atoms with Crippen molar-refractivity contribution in [2.45, 2.75) is 32.4 Å². The summed E-state index contributed by atoms with van der Waals surface area (Å²) < 4.78 is 18.8. The maximum atomic E-state index is 13.5. The van der Waals surface area contributed by atoms with Gasteiger partial charge in [-0.1, -0.05) is 66.5 Å². The van der Waals surface area contributed by atoms with Gasteiger partial charge in [-0.2, -0.15) is 0 Å². The highest BCUT2D eigenvalue weighted by atomic mass is 35.5. The molecule has 0 heterocycles. The van der Waals surface area contributed by atoms with Crippen LogP contribution in [-0.4, -0.2) is 35.9 Å². The van der Waals surface area contributed by atoms with Gasteiger partial charge in [-0.05, 0) is 48.4 Å². The van der Waals surface area contributed by atoms with Crippen LogP contribution >= 0.6 is 23.2 Å². The van der Waals surface area contributed by atoms with E-state index >= 15 is 0 Å². The highest BCUT2D eigenvalue weighted by Gasteiger charge is 2.31. The van der Waals surface area contributed by atoms with Crippen LogP contribution in [0.3, 0.4) is 0 Å². The van der Waals surface area contributed by atoms with Crippen LogP contribution in [0.4, 0.5) is 4.39 Å². The first-order valence-corrected chi connectivity index (χ1v) is 12.1. The van der Waals surface area contributed by atoms with E-state index in [0.717, 1.165) is 12.0 Å². The molecule has 0 aliphatic heterocycles. The molecular weight excluding hydrogens is 490 g/mol. The summed E-state index contributed by atoms with van der Waals surface area (Å²) in [5, 5.41) is 3.68. The zero-order valence-electron chi connectivity index (χ0n) is 19.3. The first-order chi connectivity index (χ1) is 16.9. The fraction of sp³-hybridized carbons (Fsp3) is 0.259. The maximum absolute atomic E-state index is 13.5. The van der Waals surface area contributed by atoms with Gasteiger partial charge in [0.05, 0.1) is 0 Å². The summed E-state index contributed by atoms with van der Waals surface area (Å²) in [5.74, 6) is -0.786. The fourth-order valence-corrected chi connectivity index (χ4v) is 4.05. The smallest absolute Gasteiger partial charge is 0.261 e. The van der Waals surface area contributed by atoms with Crippen molar-refractivity contribution in [2.24, 2.45) is 0 Å². The first-order valence-electron chi connectivity index (χ1n) is 11.3. The highest BCUT2D eigenvalue weighted by Crippen LogP contribution is 2.27. The highest BCUT2D eigenvalue weighted by molar-refractivity contribution is 6.36. The molecule has 0 saturated heterocycles. The van der Waals surface area contributed by atoms with Gasteiger partial charge in [0.25, 0.3) is 5.91 Å². The standard InChI is InChI=1S/C27H27Cl2FN2O3/c1-2-15-31-27(34)25(16-19-7-4-3-5-8-19)32(17-22-23(28)9-6-10-24(22)29)26(33)18-35-21-13-11-20(30)12-14-21/h3-14,25H,2,15-18H2,1H3,(H,31,34). The summed E-state index contributed by atoms with van der Waals surface area (Å²) in [4.78, 5) is 28.2. The second kappa shape index (κ2) is 13.1. The fourth-order valence-electron chi connectivity index (χ4n) is 3.53. The van der Waals surface area contributed by atoms with Gasteiger partial charge in [-0.15, -0.1) is 0 Å². The van der Waals surface area contributed by atoms with Crippen LogP contribution in [0.15, 0.2) is 72.8 Å². The van der Waals surface area contributed by atoms with Gasteiger partial charge in [0, 0.05) is 35.1 Å². The van der Waals surface area contributed by atoms with E-state index in [4.69, 9.17) is 27.9 Å². The van der Waals surface area contributed by atoms with Crippen LogP contribution in [0.25, 0.3) is 0 Å². The van der Waals surface area contributed by atoms with Crippen LogP contribution in [0, 0.1) is 5.82 Å². The molecule has 1 N–H and O–H groups in total. The number of hydrogen-bond donors (Lipinski definition) is 1. The molecule has 1 atom stereocenters. The lowest BCUT2D eigenvalue weighted by atomic mass is 10.0. The Morgan fingerprint density at radius 2 is 1.63 bits per heavy atom. The van der Waals surface area contributed by atoms with Crippen molar-refractivity contribution < 1.29 is 18.7 Å². The number of amides is 2. The topological polar surface area (TPSA) is 58.6 Å². The third kappa shape index (κ3) is 7.70. The van der Waals surface area contributed by atoms with Gasteiger partial charge in [0.15, 0.2) is 6.61 Å². The average molecular weight is 517 g/mol. The predicted molar refractivity (Wildman–Crippen MR) is 136 cm³/mol. The number of nitrogens with zero attached hydrogens (tertiary/aromatic N) is 1. The van der Waals surface area contributed by atoms with Crippen molar-refractivity contribution in [3.8, 4) is 5.75 Å². The Bertz CT molecular complexity index is 1110. The molecule has 184 valence electrons. The molecule has 1 unspecified atom stereocenters. The van der Waals surface area contributed by atoms with Crippen molar-refractivity contribution in [1.29, 1.82) is 0 Å². The molecule has 0 bridgehead atoms. The third-order valence-electron chi connectivity index (χ3n) is 5.39. The van der Waals surface area contributed by atoms with E-state index in [0.29, 0.717) is 34.3 Å². The van der Waals surface area contributed by atoms with E-state index in [1.807, 2.05) is 37.3 Å². The lowest BCUT2D eigenvalue weighted by Gasteiger charge is -2.32. The predicted octanol–water partition coefficient (Wildman–Crippen LogP) is 5.68. The molecule has 3 rings (SSSR count). The Labute approximate surface area is 214 Å². The van der Waals surface area contributed by atoms with Crippen molar-refractivity contribution in [3.63, 3.8) is 0 Å². The Morgan fingerprint density at radius 1 is 0.971 bits per heavy atom. The lowest BCUT2D eigenvalue weighted by molar-refractivity contribution is -0.142. The molecule has 0 aromatic heterocycles. The van der Waals surface area contributed by atoms with Gasteiger partial charge < -0.3 is 15.0 Å². The van der Waals surface area contributed by atoms with Crippen molar-refractivity contribution >= 4 is 35.0 Å². The lowest BCUT2D eigenvalue weighted by Crippen LogP contribution is -2.51. The number of ether oxygens (including phenoxy) is 1. The summed E-state index contributed by atoms with van der Waals surface area (Å²) in [6, 6.07) is 19.1. The van der Waals surface area contributed by atoms with E-state index in [2.05, 4.69) is 5.32 Å². The van der Waals surface area contributed by atoms with Crippen molar-refractivity contribution in [3.05, 3.63) is 99.8 Å². The Kier molecular flexibility index (Phi) is 9.94. The van der Waals surface area contributed by atoms with Crippen molar-refractivity contribution in [2.75, 3.05) is 13.2 Å². The Balaban J connectivity index is 1.93. The molecule has 0 spiro atoms. The molecule has 2 amide bonds. The minimum Gasteiger partial charge on any atom is -0.484 e. The molecule has 0 saturated carbocycles. The summed E-state index contributed by atoms with van der Waals surface area (Å²) in [6.07, 6.45) is 1.04. The summed E-state index contributed by atoms with van der Waals surface area (Å²) >= 11 is 12.8. The van der Waals surface area contributed by atoms with Crippen LogP contribution in [0.2, 0.25) is 10.0 Å². The number of carbonyl (C=O) groups is 2. The SMILES string of the molecule is CCCNC(=O)C(Cc1ccccc1)N(Cc1c(Cl)cccc1Cl)C(=O)COc1ccc(F)cc1. The quantitative estimate of drug-likeness (QED) is 0.356. The number of rotatable bonds is 11. The molecule has 0 radical (unpaired) electrons. The van der Waals surface area contributed by atoms with E-state index in [1.165, 1.54) is 29.2 Å². The second-order valence-corrected chi connectivity index (χ2v) is 8.78. The molecule has 0 fully saturated rings. The largest absolute Gasteiger partial charge is 0.484 e. The maximum Gasteiger partial charge on any atom is 0.261 e. The minimum absolute atomic E-state index is 0.0150. The van der Waals surface area contributed by atoms with E-state index < -0.39 is 17.8 Å². The van der Waals surface area contributed by atoms with Gasteiger partial charge in [-0.25, -0.2) is 4.39 Å². The monoisotopic (exact) mass is 516 g/mol. The van der Waals surface area contributed by atoms with Crippen molar-refractivity contribution in [1.82, 2.24) is 10.2 Å². The molecule has 3 aromatic carbocycles. The normalized spacial score (nSPS) is 11.5. The average Bonchev–Trinajstić information content (AvgIpc) is 2.86. The number of nitrogens with one attached hydrogen (secondary N) is 1. The van der Waals surface area contributed by atoms with E-state index in [-0.39, 0.29) is 19.1 Å². The van der Waals surface area contributed by atoms with E-state index in [9.17, 15) is 14.0 Å². The minimum atomic E-state index is -0.833. The van der Waals surface area contributed by atoms with Gasteiger partial charge in [0.2, 0.25) is 5.91 Å². The zero-order chi connectivity index (χ0) is 25.2. The van der Waals surface area contributed by atoms with Crippen LogP contribution in [0.1, 0.15) is 24.5 Å². The van der Waals surface area contributed by atoms with Crippen LogP contribution in [-0.2, 0) is 22.6 Å². The summed E-state index contributed by atoms with van der Waals surface area (Å²) in [6.45, 7) is 2.10. The molecule has 5 nitrogen and oxygen atoms in total. The molecular formula is C27H27Cl2FN2O3. The molecule has 35 heavy (non-hydrogen) atoms. The number of hydrogen-bond acceptors (Lipinski definition) is 3. The summed E-state index contributed by atoms with van der Waals surface area (Å²) in [5.41, 5.74) is 1.43. The third-order valence-corrected chi connectivity index (χ3v) is 6.09.